The van der Waals surface area contributed by atoms with Crippen LogP contribution >= 0.6 is 0 Å². The lowest BCUT2D eigenvalue weighted by molar-refractivity contribution is -0.137. The number of hydrogen-bond acceptors (Lipinski definition) is 6. The van der Waals surface area contributed by atoms with Crippen LogP contribution < -0.4 is 10.5 Å². The van der Waals surface area contributed by atoms with Crippen LogP contribution in [0.5, 0.6) is 5.75 Å². The van der Waals surface area contributed by atoms with Gasteiger partial charge in [-0.25, -0.2) is 0 Å². The highest BCUT2D eigenvalue weighted by Crippen LogP contribution is 2.34. The number of rotatable bonds is 11. The van der Waals surface area contributed by atoms with Gasteiger partial charge in [0.1, 0.15) is 18.4 Å². The Bertz CT molecular complexity index is 1280. The van der Waals surface area contributed by atoms with Gasteiger partial charge in [-0.15, -0.1) is 0 Å². The largest absolute Gasteiger partial charge is 0.489 e. The molecule has 10 heteroatoms. The third-order valence-electron chi connectivity index (χ3n) is 8.25. The van der Waals surface area contributed by atoms with Gasteiger partial charge in [0.15, 0.2) is 0 Å². The number of primary amides is 1. The zero-order valence-corrected chi connectivity index (χ0v) is 22.8. The van der Waals surface area contributed by atoms with Crippen LogP contribution in [0.25, 0.3) is 0 Å². The summed E-state index contributed by atoms with van der Waals surface area (Å²) in [7, 11) is 0. The van der Waals surface area contributed by atoms with Crippen LogP contribution in [-0.2, 0) is 27.5 Å². The van der Waals surface area contributed by atoms with E-state index in [0.29, 0.717) is 29.4 Å². The number of nitrogens with two attached hydrogens (primary N) is 1. The van der Waals surface area contributed by atoms with E-state index in [1.54, 1.807) is 18.2 Å². The number of carboxylic acid groups (broad SMARTS) is 1. The van der Waals surface area contributed by atoms with Crippen molar-refractivity contribution >= 4 is 23.7 Å². The lowest BCUT2D eigenvalue weighted by atomic mass is 10.0. The number of nitrogens with zero attached hydrogens (tertiary/aromatic N) is 3. The number of ether oxygens (including phenoxy) is 1. The van der Waals surface area contributed by atoms with Crippen molar-refractivity contribution in [1.82, 2.24) is 14.7 Å². The second-order valence-corrected chi connectivity index (χ2v) is 10.9. The molecule has 1 saturated carbocycles. The molecule has 0 spiro atoms. The van der Waals surface area contributed by atoms with E-state index in [1.165, 1.54) is 10.5 Å². The molecule has 1 saturated heterocycles. The van der Waals surface area contributed by atoms with Crippen LogP contribution in [0.4, 0.5) is 0 Å². The summed E-state index contributed by atoms with van der Waals surface area (Å²) in [4.78, 5) is 54.2. The number of amides is 3. The summed E-state index contributed by atoms with van der Waals surface area (Å²) < 4.78 is 6.11. The van der Waals surface area contributed by atoms with E-state index in [1.807, 2.05) is 17.0 Å². The number of benzene rings is 2. The van der Waals surface area contributed by atoms with Crippen molar-refractivity contribution in [3.05, 3.63) is 64.7 Å². The maximum atomic E-state index is 13.0. The Morgan fingerprint density at radius 1 is 1.05 bits per heavy atom. The van der Waals surface area contributed by atoms with Gasteiger partial charge in [0.2, 0.25) is 11.8 Å². The smallest absolute Gasteiger partial charge is 0.303 e. The van der Waals surface area contributed by atoms with Crippen LogP contribution in [0.2, 0.25) is 0 Å². The fraction of sp³-hybridized carbons (Fsp3) is 0.467. The van der Waals surface area contributed by atoms with Gasteiger partial charge >= 0.3 is 5.97 Å². The van der Waals surface area contributed by atoms with Crippen LogP contribution in [0.15, 0.2) is 42.5 Å². The number of carbonyl (C=O) groups excluding carboxylic acids is 3. The summed E-state index contributed by atoms with van der Waals surface area (Å²) in [6.07, 6.45) is 1.78. The Morgan fingerprint density at radius 2 is 1.75 bits per heavy atom. The average Bonchev–Trinajstić information content (AvgIpc) is 3.75. The molecule has 0 aromatic heterocycles. The molecule has 0 bridgehead atoms. The molecule has 0 radical (unpaired) electrons. The third-order valence-corrected chi connectivity index (χ3v) is 8.25. The van der Waals surface area contributed by atoms with E-state index in [0.717, 1.165) is 44.6 Å². The van der Waals surface area contributed by atoms with E-state index in [4.69, 9.17) is 15.6 Å². The van der Waals surface area contributed by atoms with Crippen molar-refractivity contribution in [1.29, 1.82) is 0 Å². The minimum Gasteiger partial charge on any atom is -0.489 e. The number of aliphatic carboxylic acids is 1. The molecule has 3 aliphatic rings. The predicted molar refractivity (Wildman–Crippen MR) is 146 cm³/mol. The van der Waals surface area contributed by atoms with Crippen molar-refractivity contribution in [2.24, 2.45) is 11.7 Å². The second-order valence-electron chi connectivity index (χ2n) is 10.9. The normalized spacial score (nSPS) is 18.8. The average molecular weight is 549 g/mol. The molecule has 40 heavy (non-hydrogen) atoms. The minimum absolute atomic E-state index is 0.0420. The number of carboxylic acids is 1. The Morgan fingerprint density at radius 3 is 2.38 bits per heavy atom. The summed E-state index contributed by atoms with van der Waals surface area (Å²) in [5, 5.41) is 9.02. The first-order chi connectivity index (χ1) is 19.2. The van der Waals surface area contributed by atoms with E-state index >= 15 is 0 Å². The van der Waals surface area contributed by atoms with Crippen LogP contribution in [0, 0.1) is 5.92 Å². The van der Waals surface area contributed by atoms with Crippen molar-refractivity contribution in [3.63, 3.8) is 0 Å². The first-order valence-electron chi connectivity index (χ1n) is 13.9. The van der Waals surface area contributed by atoms with Crippen molar-refractivity contribution in [2.45, 2.75) is 57.8 Å². The van der Waals surface area contributed by atoms with Crippen molar-refractivity contribution < 1.29 is 29.0 Å². The van der Waals surface area contributed by atoms with Gasteiger partial charge in [-0.2, -0.15) is 0 Å². The molecule has 2 fully saturated rings. The zero-order valence-electron chi connectivity index (χ0n) is 22.8. The van der Waals surface area contributed by atoms with Crippen LogP contribution in [0.3, 0.4) is 0 Å². The predicted octanol–water partition coefficient (Wildman–Crippen LogP) is 2.56. The highest BCUT2D eigenvalue weighted by atomic mass is 16.5. The van der Waals surface area contributed by atoms with Crippen molar-refractivity contribution in [2.75, 3.05) is 26.2 Å². The van der Waals surface area contributed by atoms with Gasteiger partial charge in [-0.3, -0.25) is 24.1 Å². The molecule has 2 aliphatic heterocycles. The first kappa shape index (κ1) is 27.6. The lowest BCUT2D eigenvalue weighted by Gasteiger charge is -2.38. The first-order valence-corrected chi connectivity index (χ1v) is 13.9. The highest BCUT2D eigenvalue weighted by Gasteiger charge is 2.37. The number of carbonyl (C=O) groups is 4. The summed E-state index contributed by atoms with van der Waals surface area (Å²) in [5.41, 5.74) is 8.79. The van der Waals surface area contributed by atoms with Gasteiger partial charge < -0.3 is 25.4 Å². The maximum absolute atomic E-state index is 13.0. The Hall–Kier alpha value is -3.92. The van der Waals surface area contributed by atoms with Gasteiger partial charge in [-0.05, 0) is 49.4 Å². The number of piperazine rings is 1. The van der Waals surface area contributed by atoms with Gasteiger partial charge in [0, 0.05) is 55.7 Å². The molecule has 212 valence electrons. The summed E-state index contributed by atoms with van der Waals surface area (Å²) in [6.45, 7) is 5.93. The monoisotopic (exact) mass is 548 g/mol. The maximum Gasteiger partial charge on any atom is 0.303 e. The molecule has 5 rings (SSSR count). The Kier molecular flexibility index (Phi) is 8.07. The Balaban J connectivity index is 1.18. The quantitative estimate of drug-likeness (QED) is 0.441. The fourth-order valence-corrected chi connectivity index (χ4v) is 5.61. The van der Waals surface area contributed by atoms with Gasteiger partial charge in [0.05, 0.1) is 6.54 Å². The van der Waals surface area contributed by atoms with Crippen LogP contribution in [0.1, 0.15) is 65.7 Å². The molecule has 1 aliphatic carbocycles. The SMILES string of the molecule is C[C@H](c1ccc(COc2cccc3c2CN(C(CCC(=O)O)C(N)=O)C3=O)cc1)N1CCN(C(=O)C2CC2)CC1. The number of hydrogen-bond donors (Lipinski definition) is 2. The molecule has 2 atom stereocenters. The minimum atomic E-state index is -1.05. The highest BCUT2D eigenvalue weighted by molar-refractivity contribution is 6.01. The molecule has 2 aromatic carbocycles. The Labute approximate surface area is 233 Å². The zero-order chi connectivity index (χ0) is 28.4. The molecule has 2 heterocycles. The second kappa shape index (κ2) is 11.7. The number of fused-ring (bicyclic) bond motifs is 1. The topological polar surface area (TPSA) is 133 Å². The molecule has 3 amide bonds. The van der Waals surface area contributed by atoms with Gasteiger partial charge in [-0.1, -0.05) is 30.3 Å². The van der Waals surface area contributed by atoms with Gasteiger partial charge in [0.25, 0.3) is 5.91 Å². The molecule has 10 nitrogen and oxygen atoms in total. The third kappa shape index (κ3) is 5.96. The summed E-state index contributed by atoms with van der Waals surface area (Å²) in [5.74, 6) is -0.998. The summed E-state index contributed by atoms with van der Waals surface area (Å²) >= 11 is 0. The van der Waals surface area contributed by atoms with E-state index < -0.39 is 17.9 Å². The molecule has 1 unspecified atom stereocenters. The molecular formula is C30H36N4O6. The lowest BCUT2D eigenvalue weighted by Crippen LogP contribution is -2.49. The molecule has 2 aromatic rings. The fourth-order valence-electron chi connectivity index (χ4n) is 5.61. The van der Waals surface area contributed by atoms with E-state index in [9.17, 15) is 19.2 Å². The van der Waals surface area contributed by atoms with E-state index in [-0.39, 0.29) is 37.3 Å². The molecule has 3 N–H and O–H groups in total. The van der Waals surface area contributed by atoms with E-state index in [2.05, 4.69) is 24.0 Å². The standard InChI is InChI=1S/C30H36N4O6/c1-19(32-13-15-33(16-14-32)29(38)22-9-10-22)21-7-5-20(6-8-21)18-40-26-4-2-3-23-24(26)17-34(30(23)39)25(28(31)37)11-12-27(35)36/h2-8,19,22,25H,9-18H2,1H3,(H2,31,37)(H,35,36)/t19-,25?/m1/s1. The molecular weight excluding hydrogens is 512 g/mol. The van der Waals surface area contributed by atoms with Crippen molar-refractivity contribution in [3.8, 4) is 5.75 Å². The summed E-state index contributed by atoms with van der Waals surface area (Å²) in [6, 6.07) is 12.7. The van der Waals surface area contributed by atoms with Crippen LogP contribution in [-0.4, -0.2) is 75.7 Å².